The van der Waals surface area contributed by atoms with Gasteiger partial charge >= 0.3 is 12.3 Å². The van der Waals surface area contributed by atoms with Crippen molar-refractivity contribution in [2.75, 3.05) is 6.61 Å². The SMILES string of the molecule is CCOC(=O)c1cnc(CN)c(C(F)F)c1OC(F)(F)F. The van der Waals surface area contributed by atoms with E-state index in [1.54, 1.807) is 0 Å². The molecule has 1 aromatic heterocycles. The first-order valence-corrected chi connectivity index (χ1v) is 5.64. The molecule has 0 aliphatic heterocycles. The fraction of sp³-hybridized carbons (Fsp3) is 0.455. The van der Waals surface area contributed by atoms with Gasteiger partial charge in [0.05, 0.1) is 17.9 Å². The van der Waals surface area contributed by atoms with E-state index in [0.29, 0.717) is 6.20 Å². The minimum absolute atomic E-state index is 0.160. The van der Waals surface area contributed by atoms with Crippen molar-refractivity contribution in [2.45, 2.75) is 26.3 Å². The zero-order valence-corrected chi connectivity index (χ0v) is 10.7. The summed E-state index contributed by atoms with van der Waals surface area (Å²) in [6.45, 7) is 0.696. The molecule has 10 heteroatoms. The summed E-state index contributed by atoms with van der Waals surface area (Å²) in [7, 11) is 0. The Balaban J connectivity index is 3.50. The summed E-state index contributed by atoms with van der Waals surface area (Å²) in [5, 5.41) is 0. The second kappa shape index (κ2) is 6.66. The molecule has 0 bridgehead atoms. The average molecular weight is 314 g/mol. The van der Waals surface area contributed by atoms with Crippen molar-refractivity contribution >= 4 is 5.97 Å². The fourth-order valence-electron chi connectivity index (χ4n) is 1.51. The molecule has 0 spiro atoms. The lowest BCUT2D eigenvalue weighted by Gasteiger charge is -2.17. The van der Waals surface area contributed by atoms with Crippen molar-refractivity contribution in [2.24, 2.45) is 5.73 Å². The molecule has 1 rings (SSSR count). The highest BCUT2D eigenvalue weighted by Crippen LogP contribution is 2.37. The Bertz CT molecular complexity index is 519. The van der Waals surface area contributed by atoms with Gasteiger partial charge in [-0.2, -0.15) is 0 Å². The van der Waals surface area contributed by atoms with Crippen LogP contribution in [0.1, 0.15) is 35.0 Å². The molecule has 0 aliphatic carbocycles. The lowest BCUT2D eigenvalue weighted by molar-refractivity contribution is -0.275. The summed E-state index contributed by atoms with van der Waals surface area (Å²) < 4.78 is 71.2. The fourth-order valence-corrected chi connectivity index (χ4v) is 1.51. The number of hydrogen-bond donors (Lipinski definition) is 1. The van der Waals surface area contributed by atoms with Crippen molar-refractivity contribution in [3.05, 3.63) is 23.0 Å². The third-order valence-corrected chi connectivity index (χ3v) is 2.27. The Morgan fingerprint density at radius 2 is 2.05 bits per heavy atom. The van der Waals surface area contributed by atoms with Gasteiger partial charge in [0.25, 0.3) is 6.43 Å². The lowest BCUT2D eigenvalue weighted by Crippen LogP contribution is -2.22. The van der Waals surface area contributed by atoms with Gasteiger partial charge in [-0.05, 0) is 6.92 Å². The van der Waals surface area contributed by atoms with E-state index < -0.39 is 47.9 Å². The van der Waals surface area contributed by atoms with Crippen LogP contribution in [-0.4, -0.2) is 23.9 Å². The summed E-state index contributed by atoms with van der Waals surface area (Å²) in [5.74, 6) is -2.60. The molecule has 21 heavy (non-hydrogen) atoms. The predicted molar refractivity (Wildman–Crippen MR) is 59.7 cm³/mol. The highest BCUT2D eigenvalue weighted by molar-refractivity contribution is 5.92. The van der Waals surface area contributed by atoms with Gasteiger partial charge in [0.1, 0.15) is 5.56 Å². The molecular weight excluding hydrogens is 303 g/mol. The number of nitrogens with two attached hydrogens (primary N) is 1. The predicted octanol–water partition coefficient (Wildman–Crippen LogP) is 2.55. The monoisotopic (exact) mass is 314 g/mol. The van der Waals surface area contributed by atoms with Crippen LogP contribution in [0.5, 0.6) is 5.75 Å². The molecule has 0 fully saturated rings. The quantitative estimate of drug-likeness (QED) is 0.668. The molecule has 1 heterocycles. The number of hydrogen-bond acceptors (Lipinski definition) is 5. The van der Waals surface area contributed by atoms with Crippen LogP contribution >= 0.6 is 0 Å². The number of halogens is 5. The summed E-state index contributed by atoms with van der Waals surface area (Å²) >= 11 is 0. The first-order valence-electron chi connectivity index (χ1n) is 5.64. The van der Waals surface area contributed by atoms with Gasteiger partial charge in [-0.1, -0.05) is 0 Å². The van der Waals surface area contributed by atoms with E-state index in [-0.39, 0.29) is 6.61 Å². The van der Waals surface area contributed by atoms with E-state index in [1.807, 2.05) is 0 Å². The number of rotatable bonds is 5. The summed E-state index contributed by atoms with van der Waals surface area (Å²) in [5.41, 5.74) is 2.63. The number of alkyl halides is 5. The summed E-state index contributed by atoms with van der Waals surface area (Å²) in [6.07, 6.45) is -7.96. The van der Waals surface area contributed by atoms with Gasteiger partial charge in [-0.3, -0.25) is 4.98 Å². The van der Waals surface area contributed by atoms with Crippen LogP contribution in [0.4, 0.5) is 22.0 Å². The Morgan fingerprint density at radius 3 is 2.48 bits per heavy atom. The van der Waals surface area contributed by atoms with Crippen molar-refractivity contribution in [1.82, 2.24) is 4.98 Å². The Labute approximate surface area is 115 Å². The van der Waals surface area contributed by atoms with Crippen molar-refractivity contribution in [3.63, 3.8) is 0 Å². The molecular formula is C11H11F5N2O3. The molecule has 0 saturated heterocycles. The molecule has 0 unspecified atom stereocenters. The molecule has 0 radical (unpaired) electrons. The van der Waals surface area contributed by atoms with Crippen molar-refractivity contribution in [3.8, 4) is 5.75 Å². The maximum absolute atomic E-state index is 13.0. The van der Waals surface area contributed by atoms with E-state index in [2.05, 4.69) is 14.5 Å². The zero-order valence-electron chi connectivity index (χ0n) is 10.7. The number of pyridine rings is 1. The average Bonchev–Trinajstić information content (AvgIpc) is 2.35. The number of nitrogens with zero attached hydrogens (tertiary/aromatic N) is 1. The zero-order chi connectivity index (χ0) is 16.2. The largest absolute Gasteiger partial charge is 0.573 e. The lowest BCUT2D eigenvalue weighted by atomic mass is 10.1. The number of carbonyl (C=O) groups is 1. The number of ether oxygens (including phenoxy) is 2. The standard InChI is InChI=1S/C11H11F5N2O3/c1-2-20-10(19)5-4-18-6(3-17)7(9(12)13)8(5)21-11(14,15)16/h4,9H,2-3,17H2,1H3. The topological polar surface area (TPSA) is 74.4 Å². The maximum Gasteiger partial charge on any atom is 0.573 e. The van der Waals surface area contributed by atoms with E-state index in [4.69, 9.17) is 5.73 Å². The third kappa shape index (κ3) is 4.25. The van der Waals surface area contributed by atoms with Gasteiger partial charge in [0.15, 0.2) is 5.75 Å². The van der Waals surface area contributed by atoms with E-state index in [9.17, 15) is 26.7 Å². The summed E-state index contributed by atoms with van der Waals surface area (Å²) in [6, 6.07) is 0. The molecule has 0 saturated carbocycles. The van der Waals surface area contributed by atoms with Gasteiger partial charge in [-0.15, -0.1) is 13.2 Å². The van der Waals surface area contributed by atoms with Gasteiger partial charge in [0.2, 0.25) is 0 Å². The second-order valence-corrected chi connectivity index (χ2v) is 3.63. The van der Waals surface area contributed by atoms with Gasteiger partial charge in [0, 0.05) is 12.7 Å². The molecule has 118 valence electrons. The normalized spacial score (nSPS) is 11.6. The van der Waals surface area contributed by atoms with E-state index >= 15 is 0 Å². The van der Waals surface area contributed by atoms with Crippen LogP contribution in [0.25, 0.3) is 0 Å². The highest BCUT2D eigenvalue weighted by atomic mass is 19.4. The number of aromatic nitrogens is 1. The molecule has 1 aromatic rings. The van der Waals surface area contributed by atoms with Crippen LogP contribution in [0.2, 0.25) is 0 Å². The molecule has 0 atom stereocenters. The Hall–Kier alpha value is -1.97. The van der Waals surface area contributed by atoms with Crippen molar-refractivity contribution < 1.29 is 36.2 Å². The van der Waals surface area contributed by atoms with Crippen LogP contribution in [0, 0.1) is 0 Å². The van der Waals surface area contributed by atoms with E-state index in [1.165, 1.54) is 6.92 Å². The Morgan fingerprint density at radius 1 is 1.43 bits per heavy atom. The maximum atomic E-state index is 13.0. The van der Waals surface area contributed by atoms with Crippen LogP contribution in [0.3, 0.4) is 0 Å². The van der Waals surface area contributed by atoms with Gasteiger partial charge < -0.3 is 15.2 Å². The number of esters is 1. The summed E-state index contributed by atoms with van der Waals surface area (Å²) in [4.78, 5) is 15.0. The van der Waals surface area contributed by atoms with Crippen LogP contribution < -0.4 is 10.5 Å². The first kappa shape index (κ1) is 17.1. The van der Waals surface area contributed by atoms with Crippen molar-refractivity contribution in [1.29, 1.82) is 0 Å². The van der Waals surface area contributed by atoms with Crippen LogP contribution in [0.15, 0.2) is 6.20 Å². The molecule has 0 aromatic carbocycles. The first-order chi connectivity index (χ1) is 9.71. The number of carbonyl (C=O) groups excluding carboxylic acids is 1. The minimum Gasteiger partial charge on any atom is -0.462 e. The second-order valence-electron chi connectivity index (χ2n) is 3.63. The Kier molecular flexibility index (Phi) is 5.41. The smallest absolute Gasteiger partial charge is 0.462 e. The van der Waals surface area contributed by atoms with Gasteiger partial charge in [-0.25, -0.2) is 13.6 Å². The third-order valence-electron chi connectivity index (χ3n) is 2.27. The van der Waals surface area contributed by atoms with E-state index in [0.717, 1.165) is 0 Å². The molecule has 0 amide bonds. The highest BCUT2D eigenvalue weighted by Gasteiger charge is 2.37. The van der Waals surface area contributed by atoms with Crippen LogP contribution in [-0.2, 0) is 11.3 Å². The molecule has 5 nitrogen and oxygen atoms in total. The molecule has 0 aliphatic rings. The molecule has 2 N–H and O–H groups in total. The minimum atomic E-state index is -5.27.